The van der Waals surface area contributed by atoms with Crippen LogP contribution in [0.15, 0.2) is 0 Å². The summed E-state index contributed by atoms with van der Waals surface area (Å²) in [4.78, 5) is 47.3. The summed E-state index contributed by atoms with van der Waals surface area (Å²) in [5.41, 5.74) is 0. The van der Waals surface area contributed by atoms with Crippen LogP contribution in [0.25, 0.3) is 0 Å². The Morgan fingerprint density at radius 2 is 1.26 bits per heavy atom. The summed E-state index contributed by atoms with van der Waals surface area (Å²) >= 11 is 0. The quantitative estimate of drug-likeness (QED) is 0.160. The van der Waals surface area contributed by atoms with Gasteiger partial charge in [-0.05, 0) is 26.7 Å². The van der Waals surface area contributed by atoms with Crippen molar-refractivity contribution in [3.63, 3.8) is 0 Å². The first-order chi connectivity index (χ1) is 13.9. The summed E-state index contributed by atoms with van der Waals surface area (Å²) in [6, 6.07) is 0. The molecule has 0 aliphatic heterocycles. The molecule has 0 saturated heterocycles. The molecule has 0 radical (unpaired) electrons. The fourth-order valence-electron chi connectivity index (χ4n) is 2.69. The minimum Gasteiger partial charge on any atom is -0.747 e. The van der Waals surface area contributed by atoms with E-state index in [1.807, 2.05) is 13.8 Å². The molecule has 0 amide bonds. The maximum atomic E-state index is 12.1. The Bertz CT molecular complexity index is 691. The van der Waals surface area contributed by atoms with Crippen LogP contribution in [-0.4, -0.2) is 54.9 Å². The Labute approximate surface area is 207 Å². The monoisotopic (exact) mass is 472 g/mol. The predicted molar refractivity (Wildman–Crippen MR) is 107 cm³/mol. The Balaban J connectivity index is 0. The van der Waals surface area contributed by atoms with Crippen molar-refractivity contribution in [1.82, 2.24) is 0 Å². The smallest absolute Gasteiger partial charge is 0.747 e. The molecule has 11 heteroatoms. The minimum atomic E-state index is -5.19. The first-order valence-electron chi connectivity index (χ1n) is 10.2. The van der Waals surface area contributed by atoms with Crippen LogP contribution in [0.4, 0.5) is 0 Å². The Morgan fingerprint density at radius 1 is 0.839 bits per heavy atom. The second kappa shape index (κ2) is 16.8. The molecule has 3 atom stereocenters. The van der Waals surface area contributed by atoms with Gasteiger partial charge in [-0.25, -0.2) is 8.42 Å². The van der Waals surface area contributed by atoms with E-state index in [9.17, 15) is 32.1 Å². The molecule has 0 fully saturated rings. The van der Waals surface area contributed by atoms with E-state index in [-0.39, 0.29) is 54.3 Å². The van der Waals surface area contributed by atoms with Gasteiger partial charge in [-0.2, -0.15) is 0 Å². The van der Waals surface area contributed by atoms with Gasteiger partial charge < -0.3 is 14.0 Å². The number of carbonyl (C=O) groups is 4. The number of ether oxygens (including phenoxy) is 2. The van der Waals surface area contributed by atoms with E-state index in [1.54, 1.807) is 0 Å². The number of hydrogen-bond acceptors (Lipinski definition) is 9. The number of carbonyl (C=O) groups excluding carboxylic acids is 4. The van der Waals surface area contributed by atoms with Gasteiger partial charge in [0.25, 0.3) is 0 Å². The van der Waals surface area contributed by atoms with E-state index in [0.717, 1.165) is 19.3 Å². The molecule has 0 aromatic rings. The van der Waals surface area contributed by atoms with Gasteiger partial charge in [0.2, 0.25) is 0 Å². The van der Waals surface area contributed by atoms with Gasteiger partial charge in [0.1, 0.15) is 34.9 Å². The van der Waals surface area contributed by atoms with Crippen molar-refractivity contribution in [2.24, 2.45) is 11.8 Å². The maximum Gasteiger partial charge on any atom is 1.00 e. The Kier molecular flexibility index (Phi) is 17.5. The normalized spacial score (nSPS) is 14.0. The molecule has 174 valence electrons. The molecular weight excluding hydrogens is 439 g/mol. The summed E-state index contributed by atoms with van der Waals surface area (Å²) < 4.78 is 44.2. The Hall–Kier alpha value is -0.810. The van der Waals surface area contributed by atoms with Gasteiger partial charge in [0.05, 0.1) is 18.3 Å². The largest absolute Gasteiger partial charge is 1.00 e. The van der Waals surface area contributed by atoms with Gasteiger partial charge in [-0.3, -0.25) is 19.2 Å². The molecule has 0 spiro atoms. The Morgan fingerprint density at radius 3 is 1.61 bits per heavy atom. The topological polar surface area (TPSA) is 144 Å². The van der Waals surface area contributed by atoms with Crippen LogP contribution in [0.1, 0.15) is 72.6 Å². The van der Waals surface area contributed by atoms with Crippen molar-refractivity contribution in [2.75, 3.05) is 13.2 Å². The van der Waals surface area contributed by atoms with E-state index >= 15 is 0 Å². The van der Waals surface area contributed by atoms with E-state index in [1.165, 1.54) is 13.8 Å². The van der Waals surface area contributed by atoms with Crippen LogP contribution in [-0.2, 0) is 38.8 Å². The zero-order valence-electron chi connectivity index (χ0n) is 19.2. The van der Waals surface area contributed by atoms with Crippen molar-refractivity contribution < 1.29 is 71.2 Å². The van der Waals surface area contributed by atoms with Crippen molar-refractivity contribution in [3.05, 3.63) is 0 Å². The van der Waals surface area contributed by atoms with Crippen molar-refractivity contribution in [2.45, 2.75) is 77.9 Å². The fourth-order valence-corrected chi connectivity index (χ4v) is 3.34. The van der Waals surface area contributed by atoms with Crippen LogP contribution < -0.4 is 29.6 Å². The van der Waals surface area contributed by atoms with Crippen molar-refractivity contribution in [3.8, 4) is 0 Å². The third kappa shape index (κ3) is 14.1. The third-order valence-corrected chi connectivity index (χ3v) is 5.85. The first-order valence-corrected chi connectivity index (χ1v) is 11.7. The number of ketones is 2. The average molecular weight is 473 g/mol. The maximum absolute atomic E-state index is 12.1. The molecule has 0 rings (SSSR count). The van der Waals surface area contributed by atoms with Crippen LogP contribution >= 0.6 is 0 Å². The zero-order valence-corrected chi connectivity index (χ0v) is 22.0. The van der Waals surface area contributed by atoms with E-state index in [4.69, 9.17) is 9.47 Å². The van der Waals surface area contributed by atoms with Crippen molar-refractivity contribution in [1.29, 1.82) is 0 Å². The van der Waals surface area contributed by atoms with Crippen LogP contribution in [0, 0.1) is 11.8 Å². The molecule has 0 aliphatic rings. The summed E-state index contributed by atoms with van der Waals surface area (Å²) in [5, 5.41) is -2.27. The molecule has 0 bridgehead atoms. The van der Waals surface area contributed by atoms with Gasteiger partial charge in [-0.15, -0.1) is 0 Å². The molecule has 0 saturated carbocycles. The van der Waals surface area contributed by atoms with E-state index in [0.29, 0.717) is 19.3 Å². The van der Waals surface area contributed by atoms with Crippen molar-refractivity contribution >= 4 is 33.6 Å². The number of rotatable bonds is 16. The summed E-state index contributed by atoms with van der Waals surface area (Å²) in [6.45, 7) is 5.94. The SMILES string of the molecule is CCCCC(COC(=O)CC(C(=O)OCC(CCCC)C(C)=O)S(=O)(=O)[O-])C(C)=O.[Na+]. The second-order valence-electron chi connectivity index (χ2n) is 7.40. The number of unbranched alkanes of at least 4 members (excludes halogenated alkanes) is 2. The van der Waals surface area contributed by atoms with Crippen LogP contribution in [0.2, 0.25) is 0 Å². The van der Waals surface area contributed by atoms with Gasteiger partial charge >= 0.3 is 41.5 Å². The first kappa shape index (κ1) is 32.4. The predicted octanol–water partition coefficient (Wildman–Crippen LogP) is -0.828. The summed E-state index contributed by atoms with van der Waals surface area (Å²) in [6.07, 6.45) is 3.09. The summed E-state index contributed by atoms with van der Waals surface area (Å²) in [5.74, 6) is -4.01. The van der Waals surface area contributed by atoms with E-state index < -0.39 is 45.6 Å². The second-order valence-corrected chi connectivity index (χ2v) is 8.95. The molecule has 9 nitrogen and oxygen atoms in total. The van der Waals surface area contributed by atoms with E-state index in [2.05, 4.69) is 0 Å². The molecule has 0 N–H and O–H groups in total. The summed E-state index contributed by atoms with van der Waals surface area (Å²) in [7, 11) is -5.19. The molecule has 31 heavy (non-hydrogen) atoms. The zero-order chi connectivity index (χ0) is 23.3. The van der Waals surface area contributed by atoms with Gasteiger partial charge in [-0.1, -0.05) is 39.5 Å². The van der Waals surface area contributed by atoms with Crippen LogP contribution in [0.5, 0.6) is 0 Å². The third-order valence-electron chi connectivity index (χ3n) is 4.80. The number of hydrogen-bond donors (Lipinski definition) is 0. The number of esters is 2. The van der Waals surface area contributed by atoms with Gasteiger partial charge in [0.15, 0.2) is 5.25 Å². The molecule has 0 heterocycles. The molecular formula is C20H33NaO9S. The fraction of sp³-hybridized carbons (Fsp3) is 0.800. The standard InChI is InChI=1S/C20H34O9S.Na/c1-5-7-9-16(14(3)21)12-28-19(23)11-18(30(25,26)27)20(24)29-13-17(15(4)22)10-8-6-2;/h16-18H,5-13H2,1-4H3,(H,25,26,27);/q;+1/p-1. The molecule has 3 unspecified atom stereocenters. The van der Waals surface area contributed by atoms with Gasteiger partial charge in [0, 0.05) is 0 Å². The van der Waals surface area contributed by atoms with Crippen LogP contribution in [0.3, 0.4) is 0 Å². The minimum absolute atomic E-state index is 0. The number of Topliss-reactive ketones (excluding diaryl/α,β-unsaturated/α-hetero) is 2. The molecule has 0 aromatic heterocycles. The molecule has 0 aliphatic carbocycles. The molecule has 0 aromatic carbocycles. The average Bonchev–Trinajstić information content (AvgIpc) is 2.64.